The van der Waals surface area contributed by atoms with Gasteiger partial charge in [-0.1, -0.05) is 237 Å². The standard InChI is InChI=1S/C61H45NSi/c1-7-21-48(22-8-1)61(49-23-9-2-10-24-49)59-34-20-19-33-57(59)58-44-41-52(45-60(58)61)62(50-25-11-3-12-26-50)51-39-35-46(36-40-51)47-37-42-56(43-38-47)63(53-27-13-4-14-28-53,54-29-15-5-16-30-54)55-31-17-6-18-32-55/h1-45H. The number of hydrogen-bond donors (Lipinski definition) is 0. The van der Waals surface area contributed by atoms with Gasteiger partial charge in [-0.2, -0.15) is 0 Å². The fourth-order valence-corrected chi connectivity index (χ4v) is 15.1. The normalized spacial score (nSPS) is 12.6. The monoisotopic (exact) mass is 819 g/mol. The zero-order valence-corrected chi connectivity index (χ0v) is 35.9. The molecule has 0 bridgehead atoms. The lowest BCUT2D eigenvalue weighted by atomic mass is 9.67. The lowest BCUT2D eigenvalue weighted by Gasteiger charge is -2.35. The molecule has 0 aromatic heterocycles. The van der Waals surface area contributed by atoms with Crippen LogP contribution >= 0.6 is 0 Å². The van der Waals surface area contributed by atoms with E-state index in [0.29, 0.717) is 0 Å². The van der Waals surface area contributed by atoms with Gasteiger partial charge in [-0.25, -0.2) is 0 Å². The van der Waals surface area contributed by atoms with Crippen molar-refractivity contribution in [3.63, 3.8) is 0 Å². The summed E-state index contributed by atoms with van der Waals surface area (Å²) in [6.07, 6.45) is 0. The molecule has 1 aliphatic carbocycles. The van der Waals surface area contributed by atoms with E-state index in [-0.39, 0.29) is 0 Å². The van der Waals surface area contributed by atoms with Crippen LogP contribution < -0.4 is 25.6 Å². The summed E-state index contributed by atoms with van der Waals surface area (Å²) in [5, 5.41) is 5.49. The molecule has 0 aliphatic heterocycles. The van der Waals surface area contributed by atoms with Gasteiger partial charge in [0.15, 0.2) is 8.07 Å². The van der Waals surface area contributed by atoms with Crippen molar-refractivity contribution >= 4 is 45.9 Å². The summed E-state index contributed by atoms with van der Waals surface area (Å²) < 4.78 is 0. The molecule has 63 heavy (non-hydrogen) atoms. The molecule has 1 nitrogen and oxygen atoms in total. The Bertz CT molecular complexity index is 2980. The Labute approximate surface area is 371 Å². The van der Waals surface area contributed by atoms with E-state index in [9.17, 15) is 0 Å². The van der Waals surface area contributed by atoms with Crippen molar-refractivity contribution in [3.05, 3.63) is 295 Å². The zero-order chi connectivity index (χ0) is 42.1. The van der Waals surface area contributed by atoms with Crippen molar-refractivity contribution in [1.29, 1.82) is 0 Å². The van der Waals surface area contributed by atoms with Gasteiger partial charge in [-0.15, -0.1) is 0 Å². The molecule has 0 N–H and O–H groups in total. The van der Waals surface area contributed by atoms with Crippen LogP contribution in [0.15, 0.2) is 273 Å². The van der Waals surface area contributed by atoms with Gasteiger partial charge in [0.1, 0.15) is 0 Å². The molecule has 0 spiro atoms. The minimum Gasteiger partial charge on any atom is -0.310 e. The van der Waals surface area contributed by atoms with Crippen molar-refractivity contribution < 1.29 is 0 Å². The van der Waals surface area contributed by atoms with Crippen LogP contribution in [0.5, 0.6) is 0 Å². The maximum atomic E-state index is 2.44. The molecule has 0 fully saturated rings. The lowest BCUT2D eigenvalue weighted by molar-refractivity contribution is 0.768. The summed E-state index contributed by atoms with van der Waals surface area (Å²) in [7, 11) is -2.61. The maximum absolute atomic E-state index is 2.61. The number of anilines is 3. The Morgan fingerprint density at radius 2 is 0.635 bits per heavy atom. The van der Waals surface area contributed by atoms with Gasteiger partial charge in [0.25, 0.3) is 0 Å². The first-order valence-electron chi connectivity index (χ1n) is 21.8. The highest BCUT2D eigenvalue weighted by Crippen LogP contribution is 2.57. The van der Waals surface area contributed by atoms with E-state index in [0.717, 1.165) is 17.1 Å². The molecule has 10 aromatic rings. The van der Waals surface area contributed by atoms with E-state index in [1.165, 1.54) is 65.3 Å². The largest absolute Gasteiger partial charge is 0.310 e. The molecule has 0 heterocycles. The summed E-state index contributed by atoms with van der Waals surface area (Å²) in [6.45, 7) is 0. The van der Waals surface area contributed by atoms with E-state index in [4.69, 9.17) is 0 Å². The van der Waals surface area contributed by atoms with Crippen molar-refractivity contribution in [2.75, 3.05) is 4.90 Å². The van der Waals surface area contributed by atoms with Gasteiger partial charge in [-0.05, 0) is 102 Å². The first-order chi connectivity index (χ1) is 31.3. The van der Waals surface area contributed by atoms with Crippen LogP contribution in [-0.4, -0.2) is 8.07 Å². The van der Waals surface area contributed by atoms with Crippen molar-refractivity contribution in [2.45, 2.75) is 5.41 Å². The van der Waals surface area contributed by atoms with Gasteiger partial charge in [-0.3, -0.25) is 0 Å². The first kappa shape index (κ1) is 38.2. The average molecular weight is 820 g/mol. The molecular weight excluding hydrogens is 775 g/mol. The van der Waals surface area contributed by atoms with Crippen LogP contribution in [0.25, 0.3) is 22.3 Å². The number of fused-ring (bicyclic) bond motifs is 3. The summed E-state index contributed by atoms with van der Waals surface area (Å²) >= 11 is 0. The Morgan fingerprint density at radius 3 is 1.14 bits per heavy atom. The maximum Gasteiger partial charge on any atom is 0.179 e. The lowest BCUT2D eigenvalue weighted by Crippen LogP contribution is -2.74. The quantitative estimate of drug-likeness (QED) is 0.0981. The average Bonchev–Trinajstić information content (AvgIpc) is 3.67. The summed E-state index contributed by atoms with van der Waals surface area (Å²) in [4.78, 5) is 2.40. The molecule has 0 amide bonds. The zero-order valence-electron chi connectivity index (χ0n) is 34.9. The van der Waals surface area contributed by atoms with Gasteiger partial charge < -0.3 is 4.90 Å². The van der Waals surface area contributed by atoms with E-state index >= 15 is 0 Å². The molecule has 1 aliphatic rings. The molecule has 0 atom stereocenters. The number of para-hydroxylation sites is 1. The molecule has 0 unspecified atom stereocenters. The highest BCUT2D eigenvalue weighted by molar-refractivity contribution is 7.19. The third-order valence-corrected chi connectivity index (χ3v) is 17.9. The second kappa shape index (κ2) is 16.2. The minimum atomic E-state index is -2.61. The van der Waals surface area contributed by atoms with E-state index in [2.05, 4.69) is 278 Å². The Balaban J connectivity index is 1.01. The number of benzene rings is 10. The van der Waals surface area contributed by atoms with Crippen LogP contribution in [0, 0.1) is 0 Å². The molecular formula is C61H45NSi. The number of hydrogen-bond acceptors (Lipinski definition) is 1. The van der Waals surface area contributed by atoms with E-state index in [1.807, 2.05) is 0 Å². The topological polar surface area (TPSA) is 3.24 Å². The molecule has 0 radical (unpaired) electrons. The minimum absolute atomic E-state index is 0.481. The smallest absolute Gasteiger partial charge is 0.179 e. The van der Waals surface area contributed by atoms with Crippen LogP contribution in [0.2, 0.25) is 0 Å². The fraction of sp³-hybridized carbons (Fsp3) is 0.0164. The Morgan fingerprint density at radius 1 is 0.270 bits per heavy atom. The second-order valence-corrected chi connectivity index (χ2v) is 20.2. The van der Waals surface area contributed by atoms with Crippen molar-refractivity contribution in [2.24, 2.45) is 0 Å². The third-order valence-electron chi connectivity index (χ3n) is 13.1. The highest BCUT2D eigenvalue weighted by Gasteiger charge is 2.46. The SMILES string of the molecule is c1ccc(N(c2ccc(-c3ccc([Si](c4ccccc4)(c4ccccc4)c4ccccc4)cc3)cc2)c2ccc3c(c2)C(c2ccccc2)(c2ccccc2)c2ccccc2-3)cc1. The van der Waals surface area contributed by atoms with Crippen molar-refractivity contribution in [1.82, 2.24) is 0 Å². The fourth-order valence-electron chi connectivity index (χ4n) is 10.4. The van der Waals surface area contributed by atoms with Crippen LogP contribution in [0.3, 0.4) is 0 Å². The second-order valence-electron chi connectivity index (χ2n) is 16.4. The van der Waals surface area contributed by atoms with Crippen LogP contribution in [0.4, 0.5) is 17.1 Å². The third kappa shape index (κ3) is 6.38. The van der Waals surface area contributed by atoms with Gasteiger partial charge in [0.05, 0.1) is 5.41 Å². The molecule has 10 aromatic carbocycles. The predicted molar refractivity (Wildman–Crippen MR) is 267 cm³/mol. The molecule has 2 heteroatoms. The Hall–Kier alpha value is -7.78. The predicted octanol–water partition coefficient (Wildman–Crippen LogP) is 12.6. The van der Waals surface area contributed by atoms with E-state index < -0.39 is 13.5 Å². The number of rotatable bonds is 10. The van der Waals surface area contributed by atoms with Gasteiger partial charge >= 0.3 is 0 Å². The van der Waals surface area contributed by atoms with Crippen molar-refractivity contribution in [3.8, 4) is 22.3 Å². The highest BCUT2D eigenvalue weighted by atomic mass is 28.3. The molecule has 0 saturated heterocycles. The molecule has 298 valence electrons. The van der Waals surface area contributed by atoms with Gasteiger partial charge in [0.2, 0.25) is 0 Å². The van der Waals surface area contributed by atoms with Gasteiger partial charge in [0, 0.05) is 17.1 Å². The molecule has 11 rings (SSSR count). The summed E-state index contributed by atoms with van der Waals surface area (Å²) in [5.74, 6) is 0. The summed E-state index contributed by atoms with van der Waals surface area (Å²) in [5.41, 5.74) is 12.9. The van der Waals surface area contributed by atoms with E-state index in [1.54, 1.807) is 0 Å². The van der Waals surface area contributed by atoms with Crippen LogP contribution in [-0.2, 0) is 5.41 Å². The Kier molecular flexibility index (Phi) is 9.84. The first-order valence-corrected chi connectivity index (χ1v) is 23.8. The molecule has 0 saturated carbocycles. The van der Waals surface area contributed by atoms with Crippen LogP contribution in [0.1, 0.15) is 22.3 Å². The summed E-state index contributed by atoms with van der Waals surface area (Å²) in [6, 6.07) is 101. The number of nitrogens with zero attached hydrogens (tertiary/aromatic N) is 1.